The van der Waals surface area contributed by atoms with Gasteiger partial charge in [-0.15, -0.1) is 0 Å². The molecule has 6 nitrogen and oxygen atoms in total. The van der Waals surface area contributed by atoms with Gasteiger partial charge in [0.25, 0.3) is 0 Å². The fourth-order valence-electron chi connectivity index (χ4n) is 3.11. The summed E-state index contributed by atoms with van der Waals surface area (Å²) in [7, 11) is 0. The zero-order chi connectivity index (χ0) is 16.8. The van der Waals surface area contributed by atoms with Crippen molar-refractivity contribution in [3.05, 3.63) is 48.3 Å². The van der Waals surface area contributed by atoms with Crippen LogP contribution in [-0.2, 0) is 6.54 Å². The summed E-state index contributed by atoms with van der Waals surface area (Å²) in [5, 5.41) is 23.3. The maximum Gasteiger partial charge on any atom is 0.119 e. The highest BCUT2D eigenvalue weighted by Gasteiger charge is 2.26. The predicted molar refractivity (Wildman–Crippen MR) is 89.5 cm³/mol. The molecule has 2 atom stereocenters. The first kappa shape index (κ1) is 16.5. The van der Waals surface area contributed by atoms with Crippen LogP contribution in [0.2, 0.25) is 0 Å². The van der Waals surface area contributed by atoms with Crippen LogP contribution in [0.15, 0.2) is 42.7 Å². The quantitative estimate of drug-likeness (QED) is 0.837. The van der Waals surface area contributed by atoms with E-state index in [0.29, 0.717) is 23.9 Å². The Bertz CT molecular complexity index is 663. The number of nitrogens with zero attached hydrogens (tertiary/aromatic N) is 4. The number of aliphatic hydroxyl groups is 1. The fraction of sp³-hybridized carbons (Fsp3) is 0.444. The standard InChI is InChI=1S/C18H22N4O2/c19-11-15-4-6-18(7-5-15)24-14-17(23)13-21-9-1-3-16(21)12-22-10-2-8-20-22/h2,4-8,10,16-17,23H,1,3,9,12-14H2/t16-,17+/m0/s1. The third-order valence-electron chi connectivity index (χ3n) is 4.33. The van der Waals surface area contributed by atoms with Gasteiger partial charge < -0.3 is 9.84 Å². The number of aromatic nitrogens is 2. The number of ether oxygens (including phenoxy) is 1. The van der Waals surface area contributed by atoms with Gasteiger partial charge in [-0.1, -0.05) is 0 Å². The lowest BCUT2D eigenvalue weighted by Crippen LogP contribution is -2.40. The van der Waals surface area contributed by atoms with E-state index in [-0.39, 0.29) is 6.61 Å². The Hall–Kier alpha value is -2.36. The number of aliphatic hydroxyl groups excluding tert-OH is 1. The topological polar surface area (TPSA) is 74.3 Å². The van der Waals surface area contributed by atoms with Gasteiger partial charge in [0.2, 0.25) is 0 Å². The number of β-amino-alcohol motifs (C(OH)–C–C–N with tert-alkyl or cyclic N) is 1. The van der Waals surface area contributed by atoms with Crippen LogP contribution in [0.4, 0.5) is 0 Å². The molecule has 1 aromatic carbocycles. The lowest BCUT2D eigenvalue weighted by atomic mass is 10.2. The van der Waals surface area contributed by atoms with Gasteiger partial charge in [-0.05, 0) is 49.7 Å². The molecule has 1 aliphatic heterocycles. The molecule has 0 amide bonds. The summed E-state index contributed by atoms with van der Waals surface area (Å²) in [6.07, 6.45) is 5.50. The highest BCUT2D eigenvalue weighted by atomic mass is 16.5. The molecule has 1 N–H and O–H groups in total. The van der Waals surface area contributed by atoms with Crippen LogP contribution in [0.1, 0.15) is 18.4 Å². The maximum atomic E-state index is 10.3. The third-order valence-corrected chi connectivity index (χ3v) is 4.33. The molecule has 2 aromatic rings. The van der Waals surface area contributed by atoms with E-state index >= 15 is 0 Å². The van der Waals surface area contributed by atoms with E-state index in [9.17, 15) is 5.11 Å². The van der Waals surface area contributed by atoms with Gasteiger partial charge >= 0.3 is 0 Å². The molecule has 0 aliphatic carbocycles. The van der Waals surface area contributed by atoms with Gasteiger partial charge in [-0.3, -0.25) is 9.58 Å². The van der Waals surface area contributed by atoms with Crippen molar-refractivity contribution in [1.82, 2.24) is 14.7 Å². The van der Waals surface area contributed by atoms with Crippen molar-refractivity contribution in [3.63, 3.8) is 0 Å². The second-order valence-corrected chi connectivity index (χ2v) is 6.12. The maximum absolute atomic E-state index is 10.3. The molecule has 0 spiro atoms. The van der Waals surface area contributed by atoms with Gasteiger partial charge in [0.05, 0.1) is 18.2 Å². The monoisotopic (exact) mass is 326 g/mol. The molecule has 0 unspecified atom stereocenters. The van der Waals surface area contributed by atoms with Crippen molar-refractivity contribution in [2.75, 3.05) is 19.7 Å². The van der Waals surface area contributed by atoms with Crippen LogP contribution >= 0.6 is 0 Å². The molecule has 6 heteroatoms. The van der Waals surface area contributed by atoms with E-state index < -0.39 is 6.10 Å². The third kappa shape index (κ3) is 4.34. The number of benzene rings is 1. The molecule has 1 aromatic heterocycles. The van der Waals surface area contributed by atoms with Crippen molar-refractivity contribution in [2.45, 2.75) is 31.5 Å². The van der Waals surface area contributed by atoms with Crippen molar-refractivity contribution < 1.29 is 9.84 Å². The number of hydrogen-bond acceptors (Lipinski definition) is 5. The normalized spacial score (nSPS) is 19.1. The van der Waals surface area contributed by atoms with Crippen molar-refractivity contribution in [1.29, 1.82) is 5.26 Å². The lowest BCUT2D eigenvalue weighted by molar-refractivity contribution is 0.0609. The molecule has 0 radical (unpaired) electrons. The largest absolute Gasteiger partial charge is 0.491 e. The molecule has 0 bridgehead atoms. The molecule has 1 aliphatic rings. The second kappa shape index (κ2) is 7.95. The summed E-state index contributed by atoms with van der Waals surface area (Å²) >= 11 is 0. The van der Waals surface area contributed by atoms with Crippen LogP contribution in [0.25, 0.3) is 0 Å². The highest BCUT2D eigenvalue weighted by Crippen LogP contribution is 2.19. The van der Waals surface area contributed by atoms with Crippen molar-refractivity contribution in [3.8, 4) is 11.8 Å². The summed E-state index contributed by atoms with van der Waals surface area (Å²) in [4.78, 5) is 2.31. The molecule has 24 heavy (non-hydrogen) atoms. The lowest BCUT2D eigenvalue weighted by Gasteiger charge is -2.26. The van der Waals surface area contributed by atoms with E-state index in [4.69, 9.17) is 10.00 Å². The van der Waals surface area contributed by atoms with E-state index in [0.717, 1.165) is 25.9 Å². The molecule has 0 saturated carbocycles. The number of likely N-dealkylation sites (tertiary alicyclic amines) is 1. The summed E-state index contributed by atoms with van der Waals surface area (Å²) < 4.78 is 7.56. The molecule has 1 fully saturated rings. The van der Waals surface area contributed by atoms with Gasteiger partial charge in [-0.2, -0.15) is 10.4 Å². The van der Waals surface area contributed by atoms with Gasteiger partial charge in [-0.25, -0.2) is 0 Å². The average molecular weight is 326 g/mol. The summed E-state index contributed by atoms with van der Waals surface area (Å²) in [6, 6.07) is 11.3. The van der Waals surface area contributed by atoms with E-state index in [1.165, 1.54) is 0 Å². The minimum atomic E-state index is -0.543. The molecule has 3 rings (SSSR count). The predicted octanol–water partition coefficient (Wildman–Crippen LogP) is 1.66. The summed E-state index contributed by atoms with van der Waals surface area (Å²) in [6.45, 7) is 2.70. The molecular formula is C18H22N4O2. The first-order valence-corrected chi connectivity index (χ1v) is 8.27. The first-order chi connectivity index (χ1) is 11.7. The Morgan fingerprint density at radius 1 is 1.38 bits per heavy atom. The number of rotatable bonds is 7. The van der Waals surface area contributed by atoms with Gasteiger partial charge in [0, 0.05) is 25.0 Å². The van der Waals surface area contributed by atoms with Crippen LogP contribution in [-0.4, -0.2) is 51.6 Å². The molecule has 126 valence electrons. The Kier molecular flexibility index (Phi) is 5.47. The van der Waals surface area contributed by atoms with E-state index in [1.54, 1.807) is 30.5 Å². The van der Waals surface area contributed by atoms with Crippen molar-refractivity contribution >= 4 is 0 Å². The smallest absolute Gasteiger partial charge is 0.119 e. The molecule has 1 saturated heterocycles. The Morgan fingerprint density at radius 2 is 2.21 bits per heavy atom. The van der Waals surface area contributed by atoms with E-state index in [1.807, 2.05) is 16.9 Å². The molecule has 2 heterocycles. The summed E-state index contributed by atoms with van der Waals surface area (Å²) in [5.41, 5.74) is 0.599. The van der Waals surface area contributed by atoms with Crippen LogP contribution < -0.4 is 4.74 Å². The van der Waals surface area contributed by atoms with Gasteiger partial charge in [0.1, 0.15) is 18.5 Å². The second-order valence-electron chi connectivity index (χ2n) is 6.12. The average Bonchev–Trinajstić information content (AvgIpc) is 3.26. The van der Waals surface area contributed by atoms with Gasteiger partial charge in [0.15, 0.2) is 0 Å². The Labute approximate surface area is 141 Å². The first-order valence-electron chi connectivity index (χ1n) is 8.27. The van der Waals surface area contributed by atoms with E-state index in [2.05, 4.69) is 16.1 Å². The zero-order valence-electron chi connectivity index (χ0n) is 13.6. The Balaban J connectivity index is 1.46. The minimum Gasteiger partial charge on any atom is -0.491 e. The zero-order valence-corrected chi connectivity index (χ0v) is 13.6. The van der Waals surface area contributed by atoms with Crippen molar-refractivity contribution in [2.24, 2.45) is 0 Å². The van der Waals surface area contributed by atoms with Crippen LogP contribution in [0.5, 0.6) is 5.75 Å². The summed E-state index contributed by atoms with van der Waals surface area (Å²) in [5.74, 6) is 0.669. The minimum absolute atomic E-state index is 0.247. The number of nitriles is 1. The van der Waals surface area contributed by atoms with Crippen LogP contribution in [0, 0.1) is 11.3 Å². The highest BCUT2D eigenvalue weighted by molar-refractivity contribution is 5.34. The molecular weight excluding hydrogens is 304 g/mol. The Morgan fingerprint density at radius 3 is 2.92 bits per heavy atom. The fourth-order valence-corrected chi connectivity index (χ4v) is 3.11. The number of hydrogen-bond donors (Lipinski definition) is 1. The SMILES string of the molecule is N#Cc1ccc(OC[C@H](O)CN2CCC[C@H]2Cn2cccn2)cc1. The van der Waals surface area contributed by atoms with Crippen LogP contribution in [0.3, 0.4) is 0 Å².